The predicted octanol–water partition coefficient (Wildman–Crippen LogP) is 17.8. The van der Waals surface area contributed by atoms with E-state index in [9.17, 15) is 19.0 Å². The van der Waals surface area contributed by atoms with Gasteiger partial charge < -0.3 is 18.9 Å². The number of esters is 2. The molecule has 0 fully saturated rings. The minimum Gasteiger partial charge on any atom is -0.462 e. The lowest BCUT2D eigenvalue weighted by atomic mass is 10.0. The Hall–Kier alpha value is -3.33. The average Bonchev–Trinajstić information content (AvgIpc) is 3.34. The van der Waals surface area contributed by atoms with Gasteiger partial charge in [-0.2, -0.15) is 0 Å². The van der Waals surface area contributed by atoms with E-state index in [2.05, 4.69) is 111 Å². The van der Waals surface area contributed by atoms with Crippen molar-refractivity contribution in [2.75, 3.05) is 47.5 Å². The van der Waals surface area contributed by atoms with E-state index < -0.39 is 32.5 Å². The summed E-state index contributed by atoms with van der Waals surface area (Å²) in [7, 11) is 1.42. The zero-order valence-electron chi connectivity index (χ0n) is 46.6. The van der Waals surface area contributed by atoms with E-state index in [-0.39, 0.29) is 26.1 Å². The molecule has 9 nitrogen and oxygen atoms in total. The number of quaternary nitrogens is 1. The first-order valence-corrected chi connectivity index (χ1v) is 30.1. The number of phosphoric ester groups is 1. The van der Waals surface area contributed by atoms with Crippen LogP contribution in [0.5, 0.6) is 0 Å². The number of ether oxygens (including phenoxy) is 2. The molecule has 2 atom stereocenters. The normalized spacial score (nSPS) is 14.1. The summed E-state index contributed by atoms with van der Waals surface area (Å²) in [6, 6.07) is 0. The third kappa shape index (κ3) is 56.0. The molecule has 0 aromatic carbocycles. The second-order valence-electron chi connectivity index (χ2n) is 19.9. The summed E-state index contributed by atoms with van der Waals surface area (Å²) < 4.78 is 34.4. The highest BCUT2D eigenvalue weighted by Crippen LogP contribution is 2.43. The van der Waals surface area contributed by atoms with Crippen molar-refractivity contribution in [1.29, 1.82) is 0 Å². The number of rotatable bonds is 51. The van der Waals surface area contributed by atoms with Gasteiger partial charge in [0.15, 0.2) is 6.10 Å². The maximum atomic E-state index is 12.7. The molecule has 0 aromatic heterocycles. The fourth-order valence-corrected chi connectivity index (χ4v) is 8.14. The smallest absolute Gasteiger partial charge is 0.462 e. The van der Waals surface area contributed by atoms with E-state index in [1.807, 2.05) is 33.3 Å². The molecule has 0 aliphatic carbocycles. The Balaban J connectivity index is 4.23. The van der Waals surface area contributed by atoms with Gasteiger partial charge in [0, 0.05) is 12.8 Å². The van der Waals surface area contributed by atoms with Crippen LogP contribution in [0.1, 0.15) is 219 Å². The second kappa shape index (κ2) is 52.5. The van der Waals surface area contributed by atoms with E-state index in [0.717, 1.165) is 70.6 Å². The minimum absolute atomic E-state index is 0.0127. The number of carbonyl (C=O) groups is 2. The Labute approximate surface area is 442 Å². The highest BCUT2D eigenvalue weighted by Gasteiger charge is 2.27. The Kier molecular flexibility index (Phi) is 50.1. The number of likely N-dealkylation sites (N-methyl/N-ethyl adjacent to an activating group) is 1. The molecule has 0 rings (SSSR count). The molecule has 10 heteroatoms. The highest BCUT2D eigenvalue weighted by molar-refractivity contribution is 7.47. The van der Waals surface area contributed by atoms with Gasteiger partial charge in [0.05, 0.1) is 27.7 Å². The van der Waals surface area contributed by atoms with Crippen LogP contribution in [-0.2, 0) is 32.7 Å². The van der Waals surface area contributed by atoms with Crippen LogP contribution in [0, 0.1) is 0 Å². The predicted molar refractivity (Wildman–Crippen MR) is 307 cm³/mol. The molecule has 0 heterocycles. The topological polar surface area (TPSA) is 108 Å². The van der Waals surface area contributed by atoms with Crippen molar-refractivity contribution in [2.45, 2.75) is 225 Å². The molecule has 72 heavy (non-hydrogen) atoms. The van der Waals surface area contributed by atoms with Crippen molar-refractivity contribution in [1.82, 2.24) is 0 Å². The van der Waals surface area contributed by atoms with Gasteiger partial charge in [-0.05, 0) is 89.9 Å². The summed E-state index contributed by atoms with van der Waals surface area (Å²) in [4.78, 5) is 35.6. The lowest BCUT2D eigenvalue weighted by molar-refractivity contribution is -0.870. The maximum Gasteiger partial charge on any atom is 0.472 e. The van der Waals surface area contributed by atoms with Crippen molar-refractivity contribution < 1.29 is 42.1 Å². The summed E-state index contributed by atoms with van der Waals surface area (Å²) in [5.74, 6) is -0.901. The fourth-order valence-electron chi connectivity index (χ4n) is 7.40. The molecule has 0 bridgehead atoms. The van der Waals surface area contributed by atoms with E-state index in [0.29, 0.717) is 17.4 Å². The summed E-state index contributed by atoms with van der Waals surface area (Å²) in [5.41, 5.74) is 0. The van der Waals surface area contributed by atoms with Gasteiger partial charge in [-0.15, -0.1) is 0 Å². The zero-order chi connectivity index (χ0) is 52.7. The number of carbonyl (C=O) groups excluding carboxylic acids is 2. The van der Waals surface area contributed by atoms with Gasteiger partial charge >= 0.3 is 19.8 Å². The third-order valence-corrected chi connectivity index (χ3v) is 12.8. The molecule has 0 amide bonds. The molecule has 2 unspecified atom stereocenters. The quantitative estimate of drug-likeness (QED) is 0.0211. The summed E-state index contributed by atoms with van der Waals surface area (Å²) in [5, 5.41) is 0. The largest absolute Gasteiger partial charge is 0.472 e. The number of unbranched alkanes of at least 4 members (excludes halogenated alkanes) is 19. The molecule has 0 spiro atoms. The van der Waals surface area contributed by atoms with Gasteiger partial charge in [-0.1, -0.05) is 226 Å². The van der Waals surface area contributed by atoms with Gasteiger partial charge in [0.2, 0.25) is 0 Å². The van der Waals surface area contributed by atoms with Gasteiger partial charge in [0.25, 0.3) is 0 Å². The average molecular weight is 1030 g/mol. The molecular weight excluding hydrogens is 918 g/mol. The highest BCUT2D eigenvalue weighted by atomic mass is 31.2. The summed E-state index contributed by atoms with van der Waals surface area (Å²) in [6.07, 6.45) is 73.2. The first kappa shape index (κ1) is 68.7. The summed E-state index contributed by atoms with van der Waals surface area (Å²) in [6.45, 7) is 4.21. The molecule has 1 N–H and O–H groups in total. The molecule has 412 valence electrons. The lowest BCUT2D eigenvalue weighted by Crippen LogP contribution is -2.37. The van der Waals surface area contributed by atoms with Gasteiger partial charge in [-0.3, -0.25) is 18.6 Å². The number of hydrogen-bond acceptors (Lipinski definition) is 7. The van der Waals surface area contributed by atoms with E-state index in [1.54, 1.807) is 0 Å². The van der Waals surface area contributed by atoms with Crippen LogP contribution >= 0.6 is 7.82 Å². The number of hydrogen-bond donors (Lipinski definition) is 1. The second-order valence-corrected chi connectivity index (χ2v) is 21.4. The Morgan fingerprint density at radius 3 is 1.24 bits per heavy atom. The lowest BCUT2D eigenvalue weighted by Gasteiger charge is -2.24. The fraction of sp³-hybridized carbons (Fsp3) is 0.677. The van der Waals surface area contributed by atoms with E-state index >= 15 is 0 Å². The maximum absolute atomic E-state index is 12.7. The van der Waals surface area contributed by atoms with Gasteiger partial charge in [-0.25, -0.2) is 4.57 Å². The monoisotopic (exact) mass is 1020 g/mol. The van der Waals surface area contributed by atoms with Crippen LogP contribution in [0.15, 0.2) is 109 Å². The molecule has 0 aliphatic heterocycles. The van der Waals surface area contributed by atoms with Crippen LogP contribution in [0.2, 0.25) is 0 Å². The van der Waals surface area contributed by atoms with Crippen LogP contribution in [-0.4, -0.2) is 74.9 Å². The molecule has 0 radical (unpaired) electrons. The van der Waals surface area contributed by atoms with Crippen LogP contribution < -0.4 is 0 Å². The third-order valence-electron chi connectivity index (χ3n) is 11.8. The number of allylic oxidation sites excluding steroid dienone is 18. The first-order chi connectivity index (χ1) is 35.0. The first-order valence-electron chi connectivity index (χ1n) is 28.6. The van der Waals surface area contributed by atoms with Crippen molar-refractivity contribution in [3.8, 4) is 0 Å². The zero-order valence-corrected chi connectivity index (χ0v) is 47.5. The minimum atomic E-state index is -4.41. The molecule has 0 saturated heterocycles. The summed E-state index contributed by atoms with van der Waals surface area (Å²) >= 11 is 0. The van der Waals surface area contributed by atoms with Crippen LogP contribution in [0.3, 0.4) is 0 Å². The van der Waals surface area contributed by atoms with E-state index in [1.165, 1.54) is 116 Å². The molecular formula is C62H107NO8P+. The Morgan fingerprint density at radius 2 is 0.819 bits per heavy atom. The standard InChI is InChI=1S/C62H106NO8P/c1-6-8-10-12-14-16-18-20-22-24-26-27-28-29-30-31-32-33-34-35-37-38-40-42-44-46-48-50-52-54-61(64)68-58-60(59-70-72(66,67)69-57-56-63(3,4)5)71-62(65)55-53-51-49-47-45-43-41-39-36-25-23-21-19-17-15-13-11-9-7-2/h9,11,15,17-18,20-21,23-24,26,28-29,36,39,43,45,49,51,60H,6-8,10,12-14,16,19,22,25,27,30-35,37-38,40-42,44,46-48,50,52-59H2,1-5H3/p+1/b11-9-,17-15-,20-18-,23-21-,26-24-,29-28-,39-36-,45-43-,51-49-. The van der Waals surface area contributed by atoms with Crippen LogP contribution in [0.4, 0.5) is 0 Å². The molecule has 0 saturated carbocycles. The van der Waals surface area contributed by atoms with Crippen LogP contribution in [0.25, 0.3) is 0 Å². The Morgan fingerprint density at radius 1 is 0.444 bits per heavy atom. The van der Waals surface area contributed by atoms with Crippen molar-refractivity contribution in [3.05, 3.63) is 109 Å². The Bertz CT molecular complexity index is 1580. The number of nitrogens with zero attached hydrogens (tertiary/aromatic N) is 1. The molecule has 0 aromatic rings. The SMILES string of the molecule is CC/C=C\C/C=C\C/C=C\C/C=C\C/C=C\C/C=C\CCC(=O)OC(COC(=O)CCCCCCCCCCCCCCCC/C=C\C/C=C\C/C=C\CCCCCCC)COP(=O)(O)OCC[N+](C)(C)C. The van der Waals surface area contributed by atoms with Crippen molar-refractivity contribution >= 4 is 19.8 Å². The molecule has 0 aliphatic rings. The number of phosphoric acid groups is 1. The van der Waals surface area contributed by atoms with Crippen molar-refractivity contribution in [2.24, 2.45) is 0 Å². The van der Waals surface area contributed by atoms with Gasteiger partial charge in [0.1, 0.15) is 19.8 Å². The van der Waals surface area contributed by atoms with Crippen molar-refractivity contribution in [3.63, 3.8) is 0 Å². The van der Waals surface area contributed by atoms with E-state index in [4.69, 9.17) is 18.5 Å².